The molecule has 0 bridgehead atoms. The Hall–Kier alpha value is -0.910. The molecule has 2 rings (SSSR count). The lowest BCUT2D eigenvalue weighted by atomic mass is 10.2. The summed E-state index contributed by atoms with van der Waals surface area (Å²) in [7, 11) is -3.10. The van der Waals surface area contributed by atoms with Crippen LogP contribution < -0.4 is 10.6 Å². The lowest BCUT2D eigenvalue weighted by Crippen LogP contribution is -2.30. The van der Waals surface area contributed by atoms with E-state index in [0.717, 1.165) is 31.6 Å². The number of nitrogens with one attached hydrogen (secondary N) is 2. The first kappa shape index (κ1) is 12.5. The summed E-state index contributed by atoms with van der Waals surface area (Å²) in [4.78, 5) is 0.390. The van der Waals surface area contributed by atoms with Gasteiger partial charge in [0.2, 0.25) is 0 Å². The Morgan fingerprint density at radius 2 is 2.29 bits per heavy atom. The molecule has 1 heterocycles. The van der Waals surface area contributed by atoms with Crippen LogP contribution in [0.25, 0.3) is 0 Å². The monoisotopic (exact) mass is 254 g/mol. The van der Waals surface area contributed by atoms with Gasteiger partial charge in [0.25, 0.3) is 0 Å². The van der Waals surface area contributed by atoms with Crippen LogP contribution in [0.1, 0.15) is 12.0 Å². The average Bonchev–Trinajstić information content (AvgIpc) is 2.78. The van der Waals surface area contributed by atoms with Crippen molar-refractivity contribution in [1.29, 1.82) is 0 Å². The van der Waals surface area contributed by atoms with Gasteiger partial charge >= 0.3 is 0 Å². The highest BCUT2D eigenvalue weighted by Gasteiger charge is 2.13. The van der Waals surface area contributed by atoms with Crippen molar-refractivity contribution in [2.45, 2.75) is 23.9 Å². The second-order valence-electron chi connectivity index (χ2n) is 4.49. The van der Waals surface area contributed by atoms with E-state index in [9.17, 15) is 8.42 Å². The van der Waals surface area contributed by atoms with E-state index >= 15 is 0 Å². The zero-order valence-corrected chi connectivity index (χ0v) is 10.8. The van der Waals surface area contributed by atoms with E-state index in [1.165, 1.54) is 6.26 Å². The third-order valence-electron chi connectivity index (χ3n) is 2.98. The van der Waals surface area contributed by atoms with Crippen molar-refractivity contribution in [3.05, 3.63) is 29.8 Å². The van der Waals surface area contributed by atoms with Crippen molar-refractivity contribution in [3.63, 3.8) is 0 Å². The van der Waals surface area contributed by atoms with Gasteiger partial charge in [-0.25, -0.2) is 8.42 Å². The van der Waals surface area contributed by atoms with Crippen LogP contribution in [0.4, 0.5) is 0 Å². The number of rotatable bonds is 4. The molecule has 0 aromatic heterocycles. The Morgan fingerprint density at radius 1 is 1.47 bits per heavy atom. The second kappa shape index (κ2) is 5.16. The number of sulfone groups is 1. The van der Waals surface area contributed by atoms with E-state index in [1.807, 2.05) is 6.07 Å². The fourth-order valence-corrected chi connectivity index (χ4v) is 2.67. The first-order chi connectivity index (χ1) is 8.05. The van der Waals surface area contributed by atoms with Crippen molar-refractivity contribution < 1.29 is 8.42 Å². The third-order valence-corrected chi connectivity index (χ3v) is 4.09. The van der Waals surface area contributed by atoms with Gasteiger partial charge in [-0.05, 0) is 30.7 Å². The SMILES string of the molecule is CS(=O)(=O)c1cccc(CNC2CCNC2)c1. The third kappa shape index (κ3) is 3.52. The van der Waals surface area contributed by atoms with Crippen LogP contribution in [0.2, 0.25) is 0 Å². The van der Waals surface area contributed by atoms with Gasteiger partial charge in [-0.2, -0.15) is 0 Å². The van der Waals surface area contributed by atoms with E-state index in [-0.39, 0.29) is 0 Å². The Kier molecular flexibility index (Phi) is 3.81. The minimum atomic E-state index is -3.10. The minimum Gasteiger partial charge on any atom is -0.315 e. The number of benzene rings is 1. The highest BCUT2D eigenvalue weighted by Crippen LogP contribution is 2.11. The smallest absolute Gasteiger partial charge is 0.175 e. The molecule has 0 saturated carbocycles. The molecule has 0 aliphatic carbocycles. The molecule has 5 heteroatoms. The number of hydrogen-bond acceptors (Lipinski definition) is 4. The summed E-state index contributed by atoms with van der Waals surface area (Å²) >= 11 is 0. The highest BCUT2D eigenvalue weighted by atomic mass is 32.2. The summed E-state index contributed by atoms with van der Waals surface area (Å²) < 4.78 is 22.8. The molecule has 1 unspecified atom stereocenters. The fourth-order valence-electron chi connectivity index (χ4n) is 1.98. The summed E-state index contributed by atoms with van der Waals surface area (Å²) in [6.45, 7) is 2.77. The maximum Gasteiger partial charge on any atom is 0.175 e. The molecule has 1 saturated heterocycles. The molecule has 0 spiro atoms. The lowest BCUT2D eigenvalue weighted by Gasteiger charge is -2.11. The molecule has 1 atom stereocenters. The van der Waals surface area contributed by atoms with Crippen molar-refractivity contribution in [1.82, 2.24) is 10.6 Å². The Bertz CT molecular complexity index is 479. The van der Waals surface area contributed by atoms with Gasteiger partial charge in [-0.1, -0.05) is 12.1 Å². The zero-order valence-electron chi connectivity index (χ0n) is 9.94. The summed E-state index contributed by atoms with van der Waals surface area (Å²) in [5.74, 6) is 0. The summed E-state index contributed by atoms with van der Waals surface area (Å²) in [6.07, 6.45) is 2.37. The largest absolute Gasteiger partial charge is 0.315 e. The molecule has 17 heavy (non-hydrogen) atoms. The van der Waals surface area contributed by atoms with E-state index in [0.29, 0.717) is 10.9 Å². The van der Waals surface area contributed by atoms with E-state index in [2.05, 4.69) is 10.6 Å². The topological polar surface area (TPSA) is 58.2 Å². The van der Waals surface area contributed by atoms with E-state index in [1.54, 1.807) is 18.2 Å². The molecule has 1 fully saturated rings. The van der Waals surface area contributed by atoms with Crippen LogP contribution in [-0.4, -0.2) is 33.8 Å². The minimum absolute atomic E-state index is 0.390. The summed E-state index contributed by atoms with van der Waals surface area (Å²) in [5.41, 5.74) is 1.01. The van der Waals surface area contributed by atoms with Gasteiger partial charge in [-0.3, -0.25) is 0 Å². The van der Waals surface area contributed by atoms with Crippen LogP contribution in [-0.2, 0) is 16.4 Å². The quantitative estimate of drug-likeness (QED) is 0.823. The van der Waals surface area contributed by atoms with Crippen LogP contribution in [0.15, 0.2) is 29.2 Å². The average molecular weight is 254 g/mol. The van der Waals surface area contributed by atoms with Crippen LogP contribution >= 0.6 is 0 Å². The van der Waals surface area contributed by atoms with Crippen molar-refractivity contribution in [3.8, 4) is 0 Å². The van der Waals surface area contributed by atoms with Crippen molar-refractivity contribution >= 4 is 9.84 Å². The molecule has 1 aliphatic rings. The molecular weight excluding hydrogens is 236 g/mol. The lowest BCUT2D eigenvalue weighted by molar-refractivity contribution is 0.547. The van der Waals surface area contributed by atoms with Crippen LogP contribution in [0.5, 0.6) is 0 Å². The molecular formula is C12H18N2O2S. The van der Waals surface area contributed by atoms with Gasteiger partial charge < -0.3 is 10.6 Å². The molecule has 2 N–H and O–H groups in total. The van der Waals surface area contributed by atoms with E-state index in [4.69, 9.17) is 0 Å². The van der Waals surface area contributed by atoms with Gasteiger partial charge in [0.15, 0.2) is 9.84 Å². The molecule has 1 aliphatic heterocycles. The summed E-state index contributed by atoms with van der Waals surface area (Å²) in [5, 5.41) is 6.71. The standard InChI is InChI=1S/C12H18N2O2S/c1-17(15,16)12-4-2-3-10(7-12)8-14-11-5-6-13-9-11/h2-4,7,11,13-14H,5-6,8-9H2,1H3. The predicted molar refractivity (Wildman–Crippen MR) is 67.7 cm³/mol. The number of hydrogen-bond donors (Lipinski definition) is 2. The van der Waals surface area contributed by atoms with Crippen LogP contribution in [0.3, 0.4) is 0 Å². The first-order valence-corrected chi connectivity index (χ1v) is 7.68. The maximum atomic E-state index is 11.4. The molecule has 0 amide bonds. The maximum absolute atomic E-state index is 11.4. The molecule has 0 radical (unpaired) electrons. The molecule has 4 nitrogen and oxygen atoms in total. The summed E-state index contributed by atoms with van der Waals surface area (Å²) in [6, 6.07) is 7.61. The van der Waals surface area contributed by atoms with Gasteiger partial charge in [-0.15, -0.1) is 0 Å². The van der Waals surface area contributed by atoms with Crippen molar-refractivity contribution in [2.75, 3.05) is 19.3 Å². The van der Waals surface area contributed by atoms with E-state index < -0.39 is 9.84 Å². The molecule has 1 aromatic rings. The van der Waals surface area contributed by atoms with Crippen molar-refractivity contribution in [2.24, 2.45) is 0 Å². The normalized spacial score (nSPS) is 20.6. The fraction of sp³-hybridized carbons (Fsp3) is 0.500. The Balaban J connectivity index is 2.01. The highest BCUT2D eigenvalue weighted by molar-refractivity contribution is 7.90. The Labute approximate surface area is 102 Å². The zero-order chi connectivity index (χ0) is 12.3. The Morgan fingerprint density at radius 3 is 2.94 bits per heavy atom. The van der Waals surface area contributed by atoms with Crippen LogP contribution in [0, 0.1) is 0 Å². The molecule has 94 valence electrons. The van der Waals surface area contributed by atoms with Gasteiger partial charge in [0.1, 0.15) is 0 Å². The second-order valence-corrected chi connectivity index (χ2v) is 6.51. The van der Waals surface area contributed by atoms with Gasteiger partial charge in [0, 0.05) is 25.4 Å². The molecule has 1 aromatic carbocycles. The first-order valence-electron chi connectivity index (χ1n) is 5.79. The predicted octanol–water partition coefficient (Wildman–Crippen LogP) is 0.542. The van der Waals surface area contributed by atoms with Gasteiger partial charge in [0.05, 0.1) is 4.90 Å².